The maximum atomic E-state index is 10.2. The molecule has 0 bridgehead atoms. The maximum Gasteiger partial charge on any atom is 0.123 e. The first-order chi connectivity index (χ1) is 5.74. The average molecular weight is 162 g/mol. The number of hydrogen-bond acceptors (Lipinski definition) is 2. The van der Waals surface area contributed by atoms with E-state index in [1.54, 1.807) is 31.1 Å². The third kappa shape index (κ3) is 1.97. The molecule has 1 rings (SSSR count). The number of carbonyl (C=O) groups excluding carboxylic acids is 1. The van der Waals surface area contributed by atoms with Gasteiger partial charge in [-0.1, -0.05) is 18.2 Å². The van der Waals surface area contributed by atoms with Crippen LogP contribution in [-0.2, 0) is 11.2 Å². The SMILES string of the molecule is CC(=C=O)Cc1ccccc1O. The molecule has 0 saturated heterocycles. The van der Waals surface area contributed by atoms with Gasteiger partial charge in [0.15, 0.2) is 0 Å². The fourth-order valence-electron chi connectivity index (χ4n) is 0.982. The molecule has 0 aliphatic carbocycles. The summed E-state index contributed by atoms with van der Waals surface area (Å²) in [6.07, 6.45) is 0.468. The zero-order chi connectivity index (χ0) is 8.97. The number of phenolic OH excluding ortho intramolecular Hbond substituents is 1. The molecule has 0 fully saturated rings. The number of aromatic hydroxyl groups is 1. The topological polar surface area (TPSA) is 37.3 Å². The Hall–Kier alpha value is -1.53. The molecule has 0 aliphatic heterocycles. The number of para-hydroxylation sites is 1. The van der Waals surface area contributed by atoms with Gasteiger partial charge in [0.25, 0.3) is 0 Å². The summed E-state index contributed by atoms with van der Waals surface area (Å²) in [4.78, 5) is 10.2. The highest BCUT2D eigenvalue weighted by atomic mass is 16.3. The largest absolute Gasteiger partial charge is 0.508 e. The van der Waals surface area contributed by atoms with Crippen LogP contribution in [0.1, 0.15) is 12.5 Å². The van der Waals surface area contributed by atoms with Crippen LogP contribution in [0.2, 0.25) is 0 Å². The molecule has 0 aromatic heterocycles. The quantitative estimate of drug-likeness (QED) is 0.672. The van der Waals surface area contributed by atoms with E-state index in [0.29, 0.717) is 12.0 Å². The van der Waals surface area contributed by atoms with Gasteiger partial charge in [-0.3, -0.25) is 0 Å². The Morgan fingerprint density at radius 3 is 2.75 bits per heavy atom. The maximum absolute atomic E-state index is 10.2. The second-order valence-corrected chi connectivity index (χ2v) is 2.69. The molecule has 0 unspecified atom stereocenters. The fourth-order valence-corrected chi connectivity index (χ4v) is 0.982. The Balaban J connectivity index is 2.90. The molecule has 0 amide bonds. The Morgan fingerprint density at radius 1 is 1.50 bits per heavy atom. The van der Waals surface area contributed by atoms with Crippen LogP contribution in [0.4, 0.5) is 0 Å². The van der Waals surface area contributed by atoms with Crippen LogP contribution in [0, 0.1) is 0 Å². The van der Waals surface area contributed by atoms with Crippen LogP contribution in [0.25, 0.3) is 0 Å². The molecule has 1 aromatic carbocycles. The summed E-state index contributed by atoms with van der Waals surface area (Å²) in [6.45, 7) is 1.69. The van der Waals surface area contributed by atoms with Gasteiger partial charge in [-0.05, 0) is 18.6 Å². The summed E-state index contributed by atoms with van der Waals surface area (Å²) in [7, 11) is 0. The zero-order valence-corrected chi connectivity index (χ0v) is 6.87. The van der Waals surface area contributed by atoms with Crippen molar-refractivity contribution in [3.05, 3.63) is 35.4 Å². The number of hydrogen-bond donors (Lipinski definition) is 1. The van der Waals surface area contributed by atoms with Crippen molar-refractivity contribution < 1.29 is 9.90 Å². The fraction of sp³-hybridized carbons (Fsp3) is 0.200. The van der Waals surface area contributed by atoms with Gasteiger partial charge in [0, 0.05) is 12.0 Å². The van der Waals surface area contributed by atoms with Crippen LogP contribution in [0.15, 0.2) is 29.8 Å². The van der Waals surface area contributed by atoms with Gasteiger partial charge in [-0.25, -0.2) is 4.79 Å². The summed E-state index contributed by atoms with van der Waals surface area (Å²) in [5, 5.41) is 9.31. The van der Waals surface area contributed by atoms with E-state index in [-0.39, 0.29) is 5.75 Å². The molecule has 0 atom stereocenters. The number of allylic oxidation sites excluding steroid dienone is 1. The number of benzene rings is 1. The minimum absolute atomic E-state index is 0.229. The van der Waals surface area contributed by atoms with Gasteiger partial charge in [-0.15, -0.1) is 0 Å². The van der Waals surface area contributed by atoms with Crippen molar-refractivity contribution in [1.29, 1.82) is 0 Å². The van der Waals surface area contributed by atoms with Gasteiger partial charge in [0.05, 0.1) is 0 Å². The van der Waals surface area contributed by atoms with E-state index in [4.69, 9.17) is 0 Å². The van der Waals surface area contributed by atoms with E-state index < -0.39 is 0 Å². The molecule has 2 heteroatoms. The first-order valence-electron chi connectivity index (χ1n) is 3.71. The predicted octanol–water partition coefficient (Wildman–Crippen LogP) is 1.71. The first kappa shape index (κ1) is 8.57. The molecule has 1 N–H and O–H groups in total. The van der Waals surface area contributed by atoms with Crippen molar-refractivity contribution in [2.24, 2.45) is 0 Å². The van der Waals surface area contributed by atoms with Gasteiger partial charge in [0.2, 0.25) is 0 Å². The van der Waals surface area contributed by atoms with Crippen molar-refractivity contribution in [3.8, 4) is 5.75 Å². The third-order valence-corrected chi connectivity index (χ3v) is 1.62. The Bertz CT molecular complexity index is 322. The van der Waals surface area contributed by atoms with Crippen LogP contribution >= 0.6 is 0 Å². The van der Waals surface area contributed by atoms with Gasteiger partial charge < -0.3 is 5.11 Å². The van der Waals surface area contributed by atoms with Crippen LogP contribution in [0.5, 0.6) is 5.75 Å². The molecule has 1 aromatic rings. The number of rotatable bonds is 2. The molecule has 0 radical (unpaired) electrons. The van der Waals surface area contributed by atoms with Crippen LogP contribution in [0.3, 0.4) is 0 Å². The lowest BCUT2D eigenvalue weighted by atomic mass is 10.1. The molecule has 0 heterocycles. The standard InChI is InChI=1S/C10H10O2/c1-8(7-11)6-9-4-2-3-5-10(9)12/h2-5,12H,6H2,1H3. The van der Waals surface area contributed by atoms with E-state index in [9.17, 15) is 9.90 Å². The highest BCUT2D eigenvalue weighted by Crippen LogP contribution is 2.17. The molecule has 0 spiro atoms. The van der Waals surface area contributed by atoms with E-state index in [0.717, 1.165) is 5.56 Å². The smallest absolute Gasteiger partial charge is 0.123 e. The lowest BCUT2D eigenvalue weighted by Crippen LogP contribution is -1.87. The molecular weight excluding hydrogens is 152 g/mol. The summed E-state index contributed by atoms with van der Waals surface area (Å²) in [5.41, 5.74) is 1.36. The molecule has 62 valence electrons. The van der Waals surface area contributed by atoms with Crippen molar-refractivity contribution in [1.82, 2.24) is 0 Å². The normalized spacial score (nSPS) is 9.08. The Morgan fingerprint density at radius 2 is 2.17 bits per heavy atom. The van der Waals surface area contributed by atoms with E-state index in [1.165, 1.54) is 0 Å². The van der Waals surface area contributed by atoms with Crippen molar-refractivity contribution in [2.45, 2.75) is 13.3 Å². The second kappa shape index (κ2) is 3.74. The van der Waals surface area contributed by atoms with Crippen molar-refractivity contribution >= 4 is 5.94 Å². The molecule has 12 heavy (non-hydrogen) atoms. The molecular formula is C10H10O2. The third-order valence-electron chi connectivity index (χ3n) is 1.62. The van der Waals surface area contributed by atoms with E-state index in [1.807, 2.05) is 6.07 Å². The minimum atomic E-state index is 0.229. The van der Waals surface area contributed by atoms with Crippen molar-refractivity contribution in [2.75, 3.05) is 0 Å². The highest BCUT2D eigenvalue weighted by molar-refractivity contribution is 5.53. The highest BCUT2D eigenvalue weighted by Gasteiger charge is 1.99. The second-order valence-electron chi connectivity index (χ2n) is 2.69. The van der Waals surface area contributed by atoms with Gasteiger partial charge in [0.1, 0.15) is 11.7 Å². The minimum Gasteiger partial charge on any atom is -0.508 e. The summed E-state index contributed by atoms with van der Waals surface area (Å²) >= 11 is 0. The zero-order valence-electron chi connectivity index (χ0n) is 6.87. The monoisotopic (exact) mass is 162 g/mol. The number of phenols is 1. The van der Waals surface area contributed by atoms with Crippen molar-refractivity contribution in [3.63, 3.8) is 0 Å². The summed E-state index contributed by atoms with van der Waals surface area (Å²) in [6, 6.07) is 6.97. The van der Waals surface area contributed by atoms with Gasteiger partial charge in [-0.2, -0.15) is 0 Å². The molecule has 0 aliphatic rings. The Kier molecular flexibility index (Phi) is 2.67. The lowest BCUT2D eigenvalue weighted by molar-refractivity contribution is 0.469. The van der Waals surface area contributed by atoms with Gasteiger partial charge >= 0.3 is 0 Å². The average Bonchev–Trinajstić information content (AvgIpc) is 2.09. The molecule has 0 saturated carbocycles. The molecule has 2 nitrogen and oxygen atoms in total. The van der Waals surface area contributed by atoms with E-state index >= 15 is 0 Å². The van der Waals surface area contributed by atoms with Crippen LogP contribution in [-0.4, -0.2) is 11.0 Å². The Labute approximate surface area is 71.2 Å². The summed E-state index contributed by atoms with van der Waals surface area (Å²) < 4.78 is 0. The van der Waals surface area contributed by atoms with Crippen LogP contribution < -0.4 is 0 Å². The summed E-state index contributed by atoms with van der Waals surface area (Å²) in [5.74, 6) is 2.02. The predicted molar refractivity (Wildman–Crippen MR) is 46.7 cm³/mol. The van der Waals surface area contributed by atoms with E-state index in [2.05, 4.69) is 0 Å². The first-order valence-corrected chi connectivity index (χ1v) is 3.71. The lowest BCUT2D eigenvalue weighted by Gasteiger charge is -2.00.